The molecule has 0 aliphatic heterocycles. The van der Waals surface area contributed by atoms with E-state index in [9.17, 15) is 9.59 Å². The fraction of sp³-hybridized carbons (Fsp3) is 0.438. The topological polar surface area (TPSA) is 74.7 Å². The molecule has 0 fully saturated rings. The molecular formula is C16H23NO5. The number of carbonyl (C=O) groups excluding carboxylic acids is 2. The van der Waals surface area contributed by atoms with Crippen molar-refractivity contribution in [3.8, 4) is 5.88 Å². The first-order valence-electron chi connectivity index (χ1n) is 7.18. The van der Waals surface area contributed by atoms with E-state index in [2.05, 4.69) is 4.98 Å². The molecule has 0 radical (unpaired) electrons. The SMILES string of the molecule is CC.CCO/C=C(\C(=O)OCC)C(=O)c1cccc(OC)n1. The Bertz CT molecular complexity index is 511. The van der Waals surface area contributed by atoms with Gasteiger partial charge in [0.05, 0.1) is 20.3 Å². The van der Waals surface area contributed by atoms with Gasteiger partial charge in [0.2, 0.25) is 11.7 Å². The molecule has 122 valence electrons. The summed E-state index contributed by atoms with van der Waals surface area (Å²) in [4.78, 5) is 28.0. The maximum atomic E-state index is 12.3. The maximum Gasteiger partial charge on any atom is 0.345 e. The van der Waals surface area contributed by atoms with Crippen LogP contribution in [0.5, 0.6) is 5.88 Å². The van der Waals surface area contributed by atoms with Gasteiger partial charge >= 0.3 is 5.97 Å². The number of nitrogens with zero attached hydrogens (tertiary/aromatic N) is 1. The summed E-state index contributed by atoms with van der Waals surface area (Å²) in [6.07, 6.45) is 1.10. The first kappa shape index (κ1) is 19.6. The van der Waals surface area contributed by atoms with Gasteiger partial charge in [0.1, 0.15) is 17.5 Å². The molecule has 1 aromatic heterocycles. The maximum absolute atomic E-state index is 12.3. The molecule has 0 aromatic carbocycles. The summed E-state index contributed by atoms with van der Waals surface area (Å²) in [5.41, 5.74) is -0.113. The van der Waals surface area contributed by atoms with Gasteiger partial charge in [-0.1, -0.05) is 19.9 Å². The van der Waals surface area contributed by atoms with Crippen molar-refractivity contribution in [1.82, 2.24) is 4.98 Å². The van der Waals surface area contributed by atoms with E-state index in [0.29, 0.717) is 6.61 Å². The number of pyridine rings is 1. The van der Waals surface area contributed by atoms with Crippen LogP contribution in [-0.2, 0) is 14.3 Å². The summed E-state index contributed by atoms with van der Waals surface area (Å²) in [7, 11) is 1.44. The lowest BCUT2D eigenvalue weighted by Gasteiger charge is -2.07. The molecular weight excluding hydrogens is 286 g/mol. The molecule has 22 heavy (non-hydrogen) atoms. The van der Waals surface area contributed by atoms with Gasteiger partial charge in [-0.15, -0.1) is 0 Å². The number of hydrogen-bond acceptors (Lipinski definition) is 6. The standard InChI is InChI=1S/C14H17NO5.C2H6/c1-4-19-9-10(14(17)20-5-2)13(16)11-7-6-8-12(15-11)18-3;1-2/h6-9H,4-5H2,1-3H3;1-2H3/b10-9-;. The largest absolute Gasteiger partial charge is 0.500 e. The number of hydrogen-bond donors (Lipinski definition) is 0. The van der Waals surface area contributed by atoms with Crippen LogP contribution in [0.3, 0.4) is 0 Å². The molecule has 0 unspecified atom stereocenters. The van der Waals surface area contributed by atoms with Crippen LogP contribution in [0.2, 0.25) is 0 Å². The third kappa shape index (κ3) is 5.95. The first-order chi connectivity index (χ1) is 10.6. The number of esters is 1. The van der Waals surface area contributed by atoms with Gasteiger partial charge in [0, 0.05) is 6.07 Å². The van der Waals surface area contributed by atoms with E-state index in [-0.39, 0.29) is 23.8 Å². The van der Waals surface area contributed by atoms with Gasteiger partial charge in [-0.2, -0.15) is 0 Å². The highest BCUT2D eigenvalue weighted by atomic mass is 16.5. The average Bonchev–Trinajstić information content (AvgIpc) is 2.57. The van der Waals surface area contributed by atoms with Crippen molar-refractivity contribution in [2.24, 2.45) is 0 Å². The van der Waals surface area contributed by atoms with Crippen molar-refractivity contribution in [2.45, 2.75) is 27.7 Å². The summed E-state index contributed by atoms with van der Waals surface area (Å²) in [5.74, 6) is -1.03. The highest BCUT2D eigenvalue weighted by molar-refractivity contribution is 6.23. The number of aromatic nitrogens is 1. The van der Waals surface area contributed by atoms with E-state index in [1.165, 1.54) is 13.2 Å². The third-order valence-corrected chi connectivity index (χ3v) is 2.27. The van der Waals surface area contributed by atoms with Gasteiger partial charge in [0.25, 0.3) is 0 Å². The Kier molecular flexibility index (Phi) is 10.1. The number of carbonyl (C=O) groups is 2. The molecule has 0 amide bonds. The van der Waals surface area contributed by atoms with Crippen molar-refractivity contribution < 1.29 is 23.8 Å². The van der Waals surface area contributed by atoms with E-state index >= 15 is 0 Å². The molecule has 0 aliphatic rings. The van der Waals surface area contributed by atoms with Crippen molar-refractivity contribution >= 4 is 11.8 Å². The fourth-order valence-corrected chi connectivity index (χ4v) is 1.36. The molecule has 0 N–H and O–H groups in total. The lowest BCUT2D eigenvalue weighted by atomic mass is 10.1. The first-order valence-corrected chi connectivity index (χ1v) is 7.18. The molecule has 0 atom stereocenters. The zero-order valence-electron chi connectivity index (χ0n) is 13.7. The Morgan fingerprint density at radius 3 is 2.41 bits per heavy atom. The number of Topliss-reactive ketones (excluding diaryl/α,β-unsaturated/α-hetero) is 1. The van der Waals surface area contributed by atoms with Crippen LogP contribution < -0.4 is 4.74 Å². The summed E-state index contributed by atoms with van der Waals surface area (Å²) < 4.78 is 14.8. The average molecular weight is 309 g/mol. The second-order valence-corrected chi connectivity index (χ2v) is 3.60. The Balaban J connectivity index is 0.00000211. The van der Waals surface area contributed by atoms with Crippen LogP contribution >= 0.6 is 0 Å². The van der Waals surface area contributed by atoms with E-state index < -0.39 is 11.8 Å². The molecule has 0 aliphatic carbocycles. The Morgan fingerprint density at radius 1 is 1.18 bits per heavy atom. The number of ether oxygens (including phenoxy) is 3. The lowest BCUT2D eigenvalue weighted by Crippen LogP contribution is -2.18. The van der Waals surface area contributed by atoms with Crippen molar-refractivity contribution in [1.29, 1.82) is 0 Å². The molecule has 0 spiro atoms. The highest BCUT2D eigenvalue weighted by Gasteiger charge is 2.23. The van der Waals surface area contributed by atoms with Gasteiger partial charge in [-0.05, 0) is 19.9 Å². The molecule has 1 heterocycles. The minimum Gasteiger partial charge on any atom is -0.500 e. The zero-order chi connectivity index (χ0) is 17.0. The predicted octanol–water partition coefficient (Wildman–Crippen LogP) is 2.78. The molecule has 0 bridgehead atoms. The zero-order valence-corrected chi connectivity index (χ0v) is 13.7. The summed E-state index contributed by atoms with van der Waals surface area (Å²) in [6, 6.07) is 4.71. The second kappa shape index (κ2) is 11.3. The smallest absolute Gasteiger partial charge is 0.345 e. The van der Waals surface area contributed by atoms with Gasteiger partial charge in [0.15, 0.2) is 0 Å². The van der Waals surface area contributed by atoms with Gasteiger partial charge in [-0.3, -0.25) is 4.79 Å². The molecule has 0 saturated carbocycles. The van der Waals surface area contributed by atoms with Gasteiger partial charge < -0.3 is 14.2 Å². The summed E-state index contributed by atoms with van der Waals surface area (Å²) in [6.45, 7) is 7.90. The van der Waals surface area contributed by atoms with E-state index in [4.69, 9.17) is 14.2 Å². The van der Waals surface area contributed by atoms with Crippen LogP contribution in [0, 0.1) is 0 Å². The Morgan fingerprint density at radius 2 is 1.86 bits per heavy atom. The van der Waals surface area contributed by atoms with Crippen molar-refractivity contribution in [3.05, 3.63) is 35.7 Å². The summed E-state index contributed by atoms with van der Waals surface area (Å²) >= 11 is 0. The highest BCUT2D eigenvalue weighted by Crippen LogP contribution is 2.12. The fourth-order valence-electron chi connectivity index (χ4n) is 1.36. The summed E-state index contributed by atoms with van der Waals surface area (Å²) in [5, 5.41) is 0. The molecule has 1 rings (SSSR count). The molecule has 6 heteroatoms. The Labute approximate surface area is 131 Å². The quantitative estimate of drug-likeness (QED) is 0.192. The minimum atomic E-state index is -0.740. The lowest BCUT2D eigenvalue weighted by molar-refractivity contribution is -0.138. The molecule has 1 aromatic rings. The number of methoxy groups -OCH3 is 1. The van der Waals surface area contributed by atoms with Crippen LogP contribution in [-0.4, -0.2) is 37.1 Å². The Hall–Kier alpha value is -2.37. The molecule has 6 nitrogen and oxygen atoms in total. The van der Waals surface area contributed by atoms with Crippen molar-refractivity contribution in [3.63, 3.8) is 0 Å². The predicted molar refractivity (Wildman–Crippen MR) is 82.8 cm³/mol. The van der Waals surface area contributed by atoms with Crippen molar-refractivity contribution in [2.75, 3.05) is 20.3 Å². The van der Waals surface area contributed by atoms with E-state index in [1.54, 1.807) is 26.0 Å². The third-order valence-electron chi connectivity index (χ3n) is 2.27. The number of ketones is 1. The van der Waals surface area contributed by atoms with Crippen LogP contribution in [0.25, 0.3) is 0 Å². The van der Waals surface area contributed by atoms with Crippen LogP contribution in [0.15, 0.2) is 30.0 Å². The van der Waals surface area contributed by atoms with Crippen LogP contribution in [0.4, 0.5) is 0 Å². The monoisotopic (exact) mass is 309 g/mol. The van der Waals surface area contributed by atoms with Crippen LogP contribution in [0.1, 0.15) is 38.2 Å². The molecule has 0 saturated heterocycles. The minimum absolute atomic E-state index is 0.0864. The van der Waals surface area contributed by atoms with Gasteiger partial charge in [-0.25, -0.2) is 9.78 Å². The second-order valence-electron chi connectivity index (χ2n) is 3.60. The van der Waals surface area contributed by atoms with E-state index in [1.807, 2.05) is 13.8 Å². The van der Waals surface area contributed by atoms with E-state index in [0.717, 1.165) is 6.26 Å². The normalized spacial score (nSPS) is 10.1. The number of rotatable bonds is 7.